The summed E-state index contributed by atoms with van der Waals surface area (Å²) in [6, 6.07) is 5.09. The summed E-state index contributed by atoms with van der Waals surface area (Å²) >= 11 is 0. The molecule has 11 nitrogen and oxygen atoms in total. The maximum Gasteiger partial charge on any atom is 0.319 e. The van der Waals surface area contributed by atoms with Crippen molar-refractivity contribution in [3.8, 4) is 35.4 Å². The quantitative estimate of drug-likeness (QED) is 0.165. The molecule has 4 aliphatic heterocycles. The van der Waals surface area contributed by atoms with Gasteiger partial charge in [0.15, 0.2) is 5.82 Å². The molecule has 2 unspecified atom stereocenters. The Balaban J connectivity index is 1.02. The third-order valence-electron chi connectivity index (χ3n) is 14.0. The molecule has 0 radical (unpaired) electrons. The Bertz CT molecular complexity index is 2450. The Morgan fingerprint density at radius 3 is 2.64 bits per heavy atom. The van der Waals surface area contributed by atoms with Crippen molar-refractivity contribution >= 4 is 39.3 Å². The van der Waals surface area contributed by atoms with Crippen molar-refractivity contribution in [2.45, 2.75) is 93.5 Å². The van der Waals surface area contributed by atoms with E-state index < -0.39 is 28.8 Å². The van der Waals surface area contributed by atoms with Crippen molar-refractivity contribution in [3.63, 3.8) is 0 Å². The third-order valence-corrected chi connectivity index (χ3v) is 14.0. The summed E-state index contributed by atoms with van der Waals surface area (Å²) in [7, 11) is 0. The molecule has 300 valence electrons. The van der Waals surface area contributed by atoms with Gasteiger partial charge in [0.05, 0.1) is 21.9 Å². The first-order valence-corrected chi connectivity index (χ1v) is 20.3. The molecule has 4 saturated heterocycles. The van der Waals surface area contributed by atoms with E-state index in [0.717, 1.165) is 51.5 Å². The summed E-state index contributed by atoms with van der Waals surface area (Å²) in [5.74, 6) is 1.02. The minimum absolute atomic E-state index is 0.0717. The maximum absolute atomic E-state index is 17.2. The number of piperazine rings is 1. The number of ether oxygens (including phenoxy) is 1. The zero-order chi connectivity index (χ0) is 40.1. The number of pyridine rings is 1. The fraction of sp³-hybridized carbons (Fsp3) is 0.477. The summed E-state index contributed by atoms with van der Waals surface area (Å²) in [6.07, 6.45) is 14.9. The molecular weight excluding hydrogens is 748 g/mol. The zero-order valence-electron chi connectivity index (χ0n) is 32.1. The first kappa shape index (κ1) is 36.9. The lowest BCUT2D eigenvalue weighted by Crippen LogP contribution is -2.70. The highest BCUT2D eigenvalue weighted by atomic mass is 19.1. The van der Waals surface area contributed by atoms with Crippen molar-refractivity contribution in [2.75, 3.05) is 37.7 Å². The summed E-state index contributed by atoms with van der Waals surface area (Å²) < 4.78 is 53.3. The van der Waals surface area contributed by atoms with Gasteiger partial charge in [-0.05, 0) is 87.6 Å². The largest absolute Gasteiger partial charge is 0.508 e. The molecule has 58 heavy (non-hydrogen) atoms. The van der Waals surface area contributed by atoms with E-state index in [0.29, 0.717) is 55.5 Å². The van der Waals surface area contributed by atoms with Crippen LogP contribution < -0.4 is 15.0 Å². The molecule has 3 saturated carbocycles. The van der Waals surface area contributed by atoms with E-state index >= 15 is 8.78 Å². The summed E-state index contributed by atoms with van der Waals surface area (Å²) in [4.78, 5) is 47.0. The van der Waals surface area contributed by atoms with Gasteiger partial charge in [-0.25, -0.2) is 13.2 Å². The molecule has 14 heteroatoms. The number of nitrogens with zero attached hydrogens (tertiary/aromatic N) is 6. The second-order valence-corrected chi connectivity index (χ2v) is 17.5. The Morgan fingerprint density at radius 1 is 1.09 bits per heavy atom. The van der Waals surface area contributed by atoms with Gasteiger partial charge in [0, 0.05) is 60.8 Å². The standard InChI is InChI=1S/C44H44F3N7O4/c1-3-30-33(46)10-7-25-15-29(55)16-31(35(25)30)37-36(47)38-32(18-48-37)39(50-41(49-38)58-24-44-13-6-14-53(44)19-26(45)17-44)52-20-27-8-9-28(21-52)54(27)40(57)42-11-5-12-43(22-42,23-42)51-34(56)4-2/h1,4,7,10,15-16,18,26-28,55H,2,5-6,8-9,11-14,17,19-24H2,(H,51,56)/t26-,27?,28?,42?,43?,44+/m1/s1. The van der Waals surface area contributed by atoms with Gasteiger partial charge in [-0.15, -0.1) is 6.42 Å². The number of aromatic nitrogens is 3. The molecule has 6 heterocycles. The van der Waals surface area contributed by atoms with Crippen LogP contribution in [-0.4, -0.2) is 104 Å². The summed E-state index contributed by atoms with van der Waals surface area (Å²) in [5.41, 5.74) is -1.65. The van der Waals surface area contributed by atoms with Crippen LogP contribution in [0.4, 0.5) is 19.0 Å². The number of alkyl halides is 1. The van der Waals surface area contributed by atoms with Gasteiger partial charge in [0.1, 0.15) is 41.4 Å². The molecule has 4 bridgehead atoms. The number of carbonyl (C=O) groups excluding carboxylic acids is 2. The number of rotatable bonds is 8. The van der Waals surface area contributed by atoms with E-state index in [4.69, 9.17) is 16.1 Å². The first-order chi connectivity index (χ1) is 27.9. The predicted molar refractivity (Wildman–Crippen MR) is 211 cm³/mol. The fourth-order valence-electron chi connectivity index (χ4n) is 11.7. The lowest BCUT2D eigenvalue weighted by Gasteiger charge is -2.61. The highest BCUT2D eigenvalue weighted by molar-refractivity contribution is 6.03. The van der Waals surface area contributed by atoms with Gasteiger partial charge in [0.25, 0.3) is 0 Å². The number of hydrogen-bond acceptors (Lipinski definition) is 9. The SMILES string of the molecule is C#Cc1c(F)ccc2cc(O)cc(-c3ncc4c(N5CC6CCC(C5)N6C(=O)C56CCCC(NC(=O)C=C)(C5)C6)nc(OC[C@@]56CCCN5C[C@H](F)C6)nc4c3F)c12. The van der Waals surface area contributed by atoms with Crippen molar-refractivity contribution in [1.29, 1.82) is 0 Å². The van der Waals surface area contributed by atoms with Crippen LogP contribution >= 0.6 is 0 Å². The maximum atomic E-state index is 17.2. The van der Waals surface area contributed by atoms with Crippen LogP contribution in [0.1, 0.15) is 69.8 Å². The van der Waals surface area contributed by atoms with E-state index in [1.807, 2.05) is 0 Å². The van der Waals surface area contributed by atoms with Crippen molar-refractivity contribution < 1.29 is 32.6 Å². The summed E-state index contributed by atoms with van der Waals surface area (Å²) in [6.45, 7) is 5.72. The van der Waals surface area contributed by atoms with Gasteiger partial charge in [-0.1, -0.05) is 25.0 Å². The molecule has 2 amide bonds. The molecule has 7 fully saturated rings. The van der Waals surface area contributed by atoms with Gasteiger partial charge < -0.3 is 25.0 Å². The second kappa shape index (κ2) is 13.3. The Morgan fingerprint density at radius 2 is 1.88 bits per heavy atom. The number of hydrogen-bond donors (Lipinski definition) is 2. The highest BCUT2D eigenvalue weighted by Gasteiger charge is 2.64. The number of phenols is 1. The molecule has 4 atom stereocenters. The van der Waals surface area contributed by atoms with Crippen LogP contribution in [0.2, 0.25) is 0 Å². The number of benzene rings is 2. The number of amides is 2. The molecule has 4 aromatic rings. The lowest BCUT2D eigenvalue weighted by molar-refractivity contribution is -0.166. The molecule has 3 aliphatic carbocycles. The van der Waals surface area contributed by atoms with Gasteiger partial charge in [0.2, 0.25) is 11.8 Å². The topological polar surface area (TPSA) is 124 Å². The number of fused-ring (bicyclic) bond motifs is 7. The smallest absolute Gasteiger partial charge is 0.319 e. The first-order valence-electron chi connectivity index (χ1n) is 20.3. The van der Waals surface area contributed by atoms with Crippen LogP contribution in [0, 0.1) is 29.4 Å². The highest BCUT2D eigenvalue weighted by Crippen LogP contribution is 2.60. The number of nitrogens with one attached hydrogen (secondary N) is 1. The average Bonchev–Trinajstić information content (AvgIpc) is 3.82. The monoisotopic (exact) mass is 791 g/mol. The number of phenolic OH excluding ortho intramolecular Hbond substituents is 1. The average molecular weight is 792 g/mol. The van der Waals surface area contributed by atoms with E-state index in [2.05, 4.69) is 42.5 Å². The van der Waals surface area contributed by atoms with Crippen LogP contribution in [0.3, 0.4) is 0 Å². The minimum Gasteiger partial charge on any atom is -0.508 e. The van der Waals surface area contributed by atoms with E-state index in [1.54, 1.807) is 0 Å². The lowest BCUT2D eigenvalue weighted by atomic mass is 9.49. The molecular formula is C44H44F3N7O4. The number of halogens is 3. The van der Waals surface area contributed by atoms with Gasteiger partial charge >= 0.3 is 6.01 Å². The van der Waals surface area contributed by atoms with Crippen molar-refractivity contribution in [2.24, 2.45) is 5.41 Å². The van der Waals surface area contributed by atoms with E-state index in [1.165, 1.54) is 36.5 Å². The van der Waals surface area contributed by atoms with E-state index in [-0.39, 0.29) is 75.5 Å². The van der Waals surface area contributed by atoms with Crippen molar-refractivity contribution in [3.05, 3.63) is 60.3 Å². The van der Waals surface area contributed by atoms with Crippen LogP contribution in [-0.2, 0) is 9.59 Å². The summed E-state index contributed by atoms with van der Waals surface area (Å²) in [5, 5.41) is 14.7. The molecule has 2 aromatic heterocycles. The van der Waals surface area contributed by atoms with Gasteiger partial charge in [-0.3, -0.25) is 19.5 Å². The van der Waals surface area contributed by atoms with Crippen LogP contribution in [0.15, 0.2) is 43.1 Å². The Hall–Kier alpha value is -5.42. The Labute approximate surface area is 333 Å². The molecule has 11 rings (SSSR count). The fourth-order valence-corrected chi connectivity index (χ4v) is 11.7. The van der Waals surface area contributed by atoms with Crippen LogP contribution in [0.5, 0.6) is 11.8 Å². The third kappa shape index (κ3) is 5.63. The minimum atomic E-state index is -0.970. The number of anilines is 1. The molecule has 0 spiro atoms. The number of carbonyl (C=O) groups is 2. The predicted octanol–water partition coefficient (Wildman–Crippen LogP) is 5.95. The normalized spacial score (nSPS) is 29.9. The molecule has 2 N–H and O–H groups in total. The van der Waals surface area contributed by atoms with Crippen molar-refractivity contribution in [1.82, 2.24) is 30.1 Å². The zero-order valence-corrected chi connectivity index (χ0v) is 32.1. The van der Waals surface area contributed by atoms with E-state index in [9.17, 15) is 19.1 Å². The van der Waals surface area contributed by atoms with Gasteiger partial charge in [-0.2, -0.15) is 9.97 Å². The Kier molecular flexibility index (Phi) is 8.46. The number of terminal acetylenes is 1. The second-order valence-electron chi connectivity index (χ2n) is 17.5. The molecule has 7 aliphatic rings. The molecule has 2 aromatic carbocycles. The number of aromatic hydroxyl groups is 1. The van der Waals surface area contributed by atoms with Crippen LogP contribution in [0.25, 0.3) is 32.9 Å².